The molecular formula is C16H19N5O2S. The van der Waals surface area contributed by atoms with Crippen LogP contribution >= 0.6 is 0 Å². The molecule has 0 fully saturated rings. The molecule has 0 unspecified atom stereocenters. The number of sulfonamides is 1. The summed E-state index contributed by atoms with van der Waals surface area (Å²) in [6.07, 6.45) is 3.56. The topological polar surface area (TPSA) is 81.8 Å². The zero-order valence-electron chi connectivity index (χ0n) is 13.8. The molecule has 0 aliphatic rings. The standard InChI is InChI=1S/C16H19N5O2S/c1-4-13-9-16(20(3)18-13)19-24(22,23)15-10-17-21(11-15)14-7-5-12(2)6-8-14/h5-11,19H,4H2,1-3H3. The molecule has 0 spiro atoms. The number of aryl methyl sites for hydroxylation is 3. The summed E-state index contributed by atoms with van der Waals surface area (Å²) >= 11 is 0. The maximum atomic E-state index is 12.5. The van der Waals surface area contributed by atoms with Crippen molar-refractivity contribution in [3.8, 4) is 5.69 Å². The number of hydrogen-bond acceptors (Lipinski definition) is 4. The van der Waals surface area contributed by atoms with Gasteiger partial charge in [0.25, 0.3) is 10.0 Å². The molecule has 0 aliphatic carbocycles. The number of nitrogens with one attached hydrogen (secondary N) is 1. The lowest BCUT2D eigenvalue weighted by atomic mass is 10.2. The first-order valence-corrected chi connectivity index (χ1v) is 9.05. The minimum Gasteiger partial charge on any atom is -0.263 e. The number of anilines is 1. The second-order valence-corrected chi connectivity index (χ2v) is 7.24. The van der Waals surface area contributed by atoms with Crippen molar-refractivity contribution < 1.29 is 8.42 Å². The maximum Gasteiger partial charge on any atom is 0.266 e. The van der Waals surface area contributed by atoms with Crippen LogP contribution in [-0.4, -0.2) is 28.0 Å². The Bertz CT molecular complexity index is 955. The summed E-state index contributed by atoms with van der Waals surface area (Å²) < 4.78 is 30.7. The molecule has 8 heteroatoms. The fraction of sp³-hybridized carbons (Fsp3) is 0.250. The molecule has 0 saturated carbocycles. The van der Waals surface area contributed by atoms with Crippen molar-refractivity contribution in [1.29, 1.82) is 0 Å². The third-order valence-electron chi connectivity index (χ3n) is 3.70. The van der Waals surface area contributed by atoms with Crippen LogP contribution in [0.5, 0.6) is 0 Å². The summed E-state index contributed by atoms with van der Waals surface area (Å²) in [5.74, 6) is 0.426. The van der Waals surface area contributed by atoms with E-state index < -0.39 is 10.0 Å². The molecule has 2 aromatic heterocycles. The highest BCUT2D eigenvalue weighted by Gasteiger charge is 2.19. The fourth-order valence-electron chi connectivity index (χ4n) is 2.28. The summed E-state index contributed by atoms with van der Waals surface area (Å²) in [6.45, 7) is 3.96. The van der Waals surface area contributed by atoms with E-state index in [1.807, 2.05) is 38.1 Å². The molecule has 0 radical (unpaired) electrons. The van der Waals surface area contributed by atoms with E-state index in [4.69, 9.17) is 0 Å². The Hall–Kier alpha value is -2.61. The predicted octanol–water partition coefficient (Wildman–Crippen LogP) is 2.28. The van der Waals surface area contributed by atoms with E-state index in [0.29, 0.717) is 5.82 Å². The van der Waals surface area contributed by atoms with Crippen LogP contribution in [0.4, 0.5) is 5.82 Å². The van der Waals surface area contributed by atoms with Gasteiger partial charge in [-0.3, -0.25) is 9.40 Å². The molecular weight excluding hydrogens is 326 g/mol. The van der Waals surface area contributed by atoms with Gasteiger partial charge in [0.1, 0.15) is 10.7 Å². The fourth-order valence-corrected chi connectivity index (χ4v) is 3.28. The van der Waals surface area contributed by atoms with Crippen molar-refractivity contribution in [1.82, 2.24) is 19.6 Å². The summed E-state index contributed by atoms with van der Waals surface area (Å²) in [5.41, 5.74) is 2.75. The Balaban J connectivity index is 1.87. The first kappa shape index (κ1) is 16.3. The van der Waals surface area contributed by atoms with E-state index in [9.17, 15) is 8.42 Å². The molecule has 1 N–H and O–H groups in total. The van der Waals surface area contributed by atoms with Gasteiger partial charge in [0, 0.05) is 13.1 Å². The number of nitrogens with zero attached hydrogens (tertiary/aromatic N) is 4. The van der Waals surface area contributed by atoms with Gasteiger partial charge in [0.05, 0.1) is 23.8 Å². The number of rotatable bonds is 5. The van der Waals surface area contributed by atoms with E-state index in [2.05, 4.69) is 14.9 Å². The van der Waals surface area contributed by atoms with Crippen LogP contribution in [0.25, 0.3) is 5.69 Å². The van der Waals surface area contributed by atoms with Crippen LogP contribution in [-0.2, 0) is 23.5 Å². The molecule has 3 rings (SSSR count). The third kappa shape index (κ3) is 3.18. The van der Waals surface area contributed by atoms with Crippen LogP contribution in [0.1, 0.15) is 18.2 Å². The zero-order valence-corrected chi connectivity index (χ0v) is 14.6. The SMILES string of the molecule is CCc1cc(NS(=O)(=O)c2cnn(-c3ccc(C)cc3)c2)n(C)n1. The van der Waals surface area contributed by atoms with Gasteiger partial charge in [0.2, 0.25) is 0 Å². The monoisotopic (exact) mass is 345 g/mol. The van der Waals surface area contributed by atoms with Crippen LogP contribution in [0, 0.1) is 6.92 Å². The van der Waals surface area contributed by atoms with Gasteiger partial charge >= 0.3 is 0 Å². The van der Waals surface area contributed by atoms with Crippen LogP contribution in [0.3, 0.4) is 0 Å². The van der Waals surface area contributed by atoms with Crippen molar-refractivity contribution in [2.45, 2.75) is 25.2 Å². The van der Waals surface area contributed by atoms with Gasteiger partial charge in [-0.05, 0) is 25.5 Å². The van der Waals surface area contributed by atoms with Gasteiger partial charge in [-0.15, -0.1) is 0 Å². The van der Waals surface area contributed by atoms with Crippen molar-refractivity contribution in [3.63, 3.8) is 0 Å². The van der Waals surface area contributed by atoms with Gasteiger partial charge < -0.3 is 0 Å². The highest BCUT2D eigenvalue weighted by atomic mass is 32.2. The number of benzene rings is 1. The summed E-state index contributed by atoms with van der Waals surface area (Å²) in [7, 11) is -2.02. The summed E-state index contributed by atoms with van der Waals surface area (Å²) in [4.78, 5) is 0.0994. The Morgan fingerprint density at radius 3 is 2.54 bits per heavy atom. The average molecular weight is 345 g/mol. The highest BCUT2D eigenvalue weighted by molar-refractivity contribution is 7.92. The molecule has 0 saturated heterocycles. The first-order valence-electron chi connectivity index (χ1n) is 7.56. The maximum absolute atomic E-state index is 12.5. The highest BCUT2D eigenvalue weighted by Crippen LogP contribution is 2.18. The number of aromatic nitrogens is 4. The second-order valence-electron chi connectivity index (χ2n) is 5.56. The van der Waals surface area contributed by atoms with E-state index in [-0.39, 0.29) is 4.90 Å². The van der Waals surface area contributed by atoms with Crippen LogP contribution < -0.4 is 4.72 Å². The molecule has 2 heterocycles. The normalized spacial score (nSPS) is 11.6. The van der Waals surface area contributed by atoms with Gasteiger partial charge in [-0.1, -0.05) is 24.6 Å². The molecule has 1 aromatic carbocycles. The Labute approximate surface area is 141 Å². The zero-order chi connectivity index (χ0) is 17.3. The Morgan fingerprint density at radius 1 is 1.21 bits per heavy atom. The largest absolute Gasteiger partial charge is 0.266 e. The van der Waals surface area contributed by atoms with E-state index in [1.165, 1.54) is 21.8 Å². The quantitative estimate of drug-likeness (QED) is 0.769. The van der Waals surface area contributed by atoms with Crippen molar-refractivity contribution in [2.24, 2.45) is 7.05 Å². The summed E-state index contributed by atoms with van der Waals surface area (Å²) in [6, 6.07) is 9.40. The first-order chi connectivity index (χ1) is 11.4. The van der Waals surface area contributed by atoms with Gasteiger partial charge in [0.15, 0.2) is 0 Å². The summed E-state index contributed by atoms with van der Waals surface area (Å²) in [5, 5.41) is 8.38. The predicted molar refractivity (Wildman–Crippen MR) is 91.7 cm³/mol. The van der Waals surface area contributed by atoms with Crippen molar-refractivity contribution in [2.75, 3.05) is 4.72 Å². The molecule has 7 nitrogen and oxygen atoms in total. The molecule has 0 aliphatic heterocycles. The van der Waals surface area contributed by atoms with Gasteiger partial charge in [-0.25, -0.2) is 13.1 Å². The van der Waals surface area contributed by atoms with Crippen LogP contribution in [0.15, 0.2) is 47.6 Å². The molecule has 0 atom stereocenters. The minimum absolute atomic E-state index is 0.0994. The minimum atomic E-state index is -3.72. The third-order valence-corrected chi connectivity index (χ3v) is 5.01. The van der Waals surface area contributed by atoms with Crippen molar-refractivity contribution in [3.05, 3.63) is 54.0 Å². The van der Waals surface area contributed by atoms with E-state index in [1.54, 1.807) is 13.1 Å². The lowest BCUT2D eigenvalue weighted by Crippen LogP contribution is -2.14. The van der Waals surface area contributed by atoms with Gasteiger partial charge in [-0.2, -0.15) is 10.2 Å². The molecule has 3 aromatic rings. The lowest BCUT2D eigenvalue weighted by Gasteiger charge is -2.05. The molecule has 0 bridgehead atoms. The molecule has 126 valence electrons. The lowest BCUT2D eigenvalue weighted by molar-refractivity contribution is 0.600. The number of hydrogen-bond donors (Lipinski definition) is 1. The van der Waals surface area contributed by atoms with Crippen LogP contribution in [0.2, 0.25) is 0 Å². The Morgan fingerprint density at radius 2 is 1.92 bits per heavy atom. The van der Waals surface area contributed by atoms with E-state index >= 15 is 0 Å². The molecule has 24 heavy (non-hydrogen) atoms. The average Bonchev–Trinajstić information content (AvgIpc) is 3.16. The molecule has 0 amide bonds. The second kappa shape index (κ2) is 6.12. The smallest absolute Gasteiger partial charge is 0.263 e. The van der Waals surface area contributed by atoms with Crippen molar-refractivity contribution >= 4 is 15.8 Å². The van der Waals surface area contributed by atoms with E-state index in [0.717, 1.165) is 23.4 Å². The Kier molecular flexibility index (Phi) is 4.15.